The highest BCUT2D eigenvalue weighted by atomic mass is 32.2. The zero-order valence-electron chi connectivity index (χ0n) is 11.7. The number of nitrogens with one attached hydrogen (secondary N) is 1. The molecule has 0 spiro atoms. The highest BCUT2D eigenvalue weighted by molar-refractivity contribution is 7.86. The van der Waals surface area contributed by atoms with Crippen LogP contribution in [0.2, 0.25) is 0 Å². The van der Waals surface area contributed by atoms with Crippen molar-refractivity contribution >= 4 is 25.9 Å². The summed E-state index contributed by atoms with van der Waals surface area (Å²) in [6.45, 7) is 0. The lowest BCUT2D eigenvalue weighted by Crippen LogP contribution is -2.13. The Morgan fingerprint density at radius 1 is 0.826 bits per heavy atom. The van der Waals surface area contributed by atoms with Crippen LogP contribution in [0.25, 0.3) is 0 Å². The molecule has 0 amide bonds. The van der Waals surface area contributed by atoms with E-state index >= 15 is 0 Å². The van der Waals surface area contributed by atoms with Crippen molar-refractivity contribution in [3.05, 3.63) is 59.7 Å². The van der Waals surface area contributed by atoms with E-state index in [-0.39, 0.29) is 28.2 Å². The Hall–Kier alpha value is -2.07. The van der Waals surface area contributed by atoms with Crippen molar-refractivity contribution in [3.63, 3.8) is 0 Å². The van der Waals surface area contributed by atoms with Gasteiger partial charge in [-0.1, -0.05) is 36.4 Å². The molecule has 3 N–H and O–H groups in total. The first-order valence-corrected chi connectivity index (χ1v) is 9.18. The van der Waals surface area contributed by atoms with E-state index in [1.807, 2.05) is 0 Å². The van der Waals surface area contributed by atoms with E-state index in [1.54, 1.807) is 0 Å². The van der Waals surface area contributed by atoms with E-state index in [2.05, 4.69) is 0 Å². The van der Waals surface area contributed by atoms with E-state index < -0.39 is 25.1 Å². The quantitative estimate of drug-likeness (QED) is 0.553. The molecule has 0 aromatic heterocycles. The van der Waals surface area contributed by atoms with Gasteiger partial charge in [0, 0.05) is 17.7 Å². The first-order chi connectivity index (χ1) is 10.6. The standard InChI is InChI=1S/C14H13NO6S2/c15-12(11-6-2-4-8-14(11)23(19,20)21)9-10-5-1-3-7-13(10)22(16,17)18/h1-8,15H,9H2,(H,16,17,18)(H,19,20,21). The van der Waals surface area contributed by atoms with Crippen LogP contribution in [-0.2, 0) is 26.7 Å². The lowest BCUT2D eigenvalue weighted by molar-refractivity contribution is 0.480. The van der Waals surface area contributed by atoms with Gasteiger partial charge in [0.15, 0.2) is 0 Å². The Balaban J connectivity index is 2.47. The molecule has 0 bridgehead atoms. The lowest BCUT2D eigenvalue weighted by atomic mass is 10.0. The lowest BCUT2D eigenvalue weighted by Gasteiger charge is -2.10. The zero-order valence-corrected chi connectivity index (χ0v) is 13.3. The molecule has 2 aromatic carbocycles. The fourth-order valence-corrected chi connectivity index (χ4v) is 3.57. The van der Waals surface area contributed by atoms with Gasteiger partial charge in [-0.2, -0.15) is 16.8 Å². The summed E-state index contributed by atoms with van der Waals surface area (Å²) in [6, 6.07) is 10.9. The van der Waals surface area contributed by atoms with Gasteiger partial charge in [-0.25, -0.2) is 0 Å². The maximum atomic E-state index is 11.4. The van der Waals surface area contributed by atoms with Gasteiger partial charge in [0.25, 0.3) is 20.2 Å². The summed E-state index contributed by atoms with van der Waals surface area (Å²) in [5, 5.41) is 8.04. The van der Waals surface area contributed by atoms with Crippen LogP contribution >= 0.6 is 0 Å². The summed E-state index contributed by atoms with van der Waals surface area (Å²) < 4.78 is 63.8. The molecule has 0 fully saturated rings. The van der Waals surface area contributed by atoms with Crippen molar-refractivity contribution in [1.82, 2.24) is 0 Å². The van der Waals surface area contributed by atoms with Gasteiger partial charge >= 0.3 is 0 Å². The Labute approximate surface area is 133 Å². The highest BCUT2D eigenvalue weighted by Crippen LogP contribution is 2.21. The second kappa shape index (κ2) is 6.20. The SMILES string of the molecule is N=C(Cc1ccccc1S(=O)(=O)O)c1ccccc1S(=O)(=O)O. The van der Waals surface area contributed by atoms with Crippen LogP contribution in [0.5, 0.6) is 0 Å². The van der Waals surface area contributed by atoms with Crippen molar-refractivity contribution < 1.29 is 25.9 Å². The Morgan fingerprint density at radius 3 is 1.87 bits per heavy atom. The summed E-state index contributed by atoms with van der Waals surface area (Å²) in [7, 11) is -8.98. The van der Waals surface area contributed by atoms with Crippen LogP contribution in [0.1, 0.15) is 11.1 Å². The van der Waals surface area contributed by atoms with Crippen LogP contribution in [0.3, 0.4) is 0 Å². The largest absolute Gasteiger partial charge is 0.304 e. The summed E-state index contributed by atoms with van der Waals surface area (Å²) in [5.74, 6) is 0. The highest BCUT2D eigenvalue weighted by Gasteiger charge is 2.20. The average Bonchev–Trinajstić information content (AvgIpc) is 2.46. The molecule has 0 saturated heterocycles. The Bertz CT molecular complexity index is 964. The van der Waals surface area contributed by atoms with Crippen molar-refractivity contribution in [2.24, 2.45) is 0 Å². The Morgan fingerprint density at radius 2 is 1.30 bits per heavy atom. The first-order valence-electron chi connectivity index (χ1n) is 6.30. The van der Waals surface area contributed by atoms with Gasteiger partial charge in [-0.3, -0.25) is 9.11 Å². The summed E-state index contributed by atoms with van der Waals surface area (Å²) >= 11 is 0. The third-order valence-corrected chi connectivity index (χ3v) is 4.97. The minimum Gasteiger partial charge on any atom is -0.304 e. The second-order valence-corrected chi connectivity index (χ2v) is 7.49. The molecule has 23 heavy (non-hydrogen) atoms. The predicted octanol–water partition coefficient (Wildman–Crippen LogP) is 1.79. The number of hydrogen-bond donors (Lipinski definition) is 3. The molecule has 0 saturated carbocycles. The topological polar surface area (TPSA) is 133 Å². The molecule has 2 rings (SSSR count). The Kier molecular flexibility index (Phi) is 4.66. The molecule has 0 radical (unpaired) electrons. The van der Waals surface area contributed by atoms with E-state index in [9.17, 15) is 25.9 Å². The smallest absolute Gasteiger partial charge is 0.295 e. The third kappa shape index (κ3) is 4.02. The normalized spacial score (nSPS) is 12.1. The molecule has 0 unspecified atom stereocenters. The van der Waals surface area contributed by atoms with Crippen molar-refractivity contribution in [2.75, 3.05) is 0 Å². The summed E-state index contributed by atoms with van der Waals surface area (Å²) in [5.41, 5.74) is -0.111. The van der Waals surface area contributed by atoms with Crippen molar-refractivity contribution in [2.45, 2.75) is 16.2 Å². The number of rotatable bonds is 5. The number of hydrogen-bond acceptors (Lipinski definition) is 5. The van der Waals surface area contributed by atoms with E-state index in [0.717, 1.165) is 6.07 Å². The molecule has 0 aliphatic rings. The van der Waals surface area contributed by atoms with E-state index in [4.69, 9.17) is 5.41 Å². The molecule has 0 aliphatic heterocycles. The summed E-state index contributed by atoms with van der Waals surface area (Å²) in [6.07, 6.45) is -0.234. The maximum absolute atomic E-state index is 11.4. The fraction of sp³-hybridized carbons (Fsp3) is 0.0714. The molecule has 0 heterocycles. The van der Waals surface area contributed by atoms with Gasteiger partial charge in [0.05, 0.1) is 4.90 Å². The third-order valence-electron chi connectivity index (χ3n) is 3.11. The predicted molar refractivity (Wildman–Crippen MR) is 83.0 cm³/mol. The molecule has 122 valence electrons. The fourth-order valence-electron chi connectivity index (χ4n) is 2.13. The van der Waals surface area contributed by atoms with Gasteiger partial charge in [0.1, 0.15) is 4.90 Å². The molecule has 2 aromatic rings. The van der Waals surface area contributed by atoms with Crippen LogP contribution < -0.4 is 0 Å². The number of benzene rings is 2. The van der Waals surface area contributed by atoms with Crippen LogP contribution in [0.15, 0.2) is 58.3 Å². The minimum atomic E-state index is -4.52. The van der Waals surface area contributed by atoms with Gasteiger partial charge in [-0.05, 0) is 17.7 Å². The van der Waals surface area contributed by atoms with Gasteiger partial charge in [0.2, 0.25) is 0 Å². The molecule has 0 atom stereocenters. The van der Waals surface area contributed by atoms with Crippen molar-refractivity contribution in [3.8, 4) is 0 Å². The van der Waals surface area contributed by atoms with E-state index in [0.29, 0.717) is 0 Å². The second-order valence-electron chi connectivity index (χ2n) is 4.71. The molecule has 9 heteroatoms. The van der Waals surface area contributed by atoms with Crippen LogP contribution in [0.4, 0.5) is 0 Å². The minimum absolute atomic E-state index is 0.0415. The molecule has 0 aliphatic carbocycles. The van der Waals surface area contributed by atoms with Crippen LogP contribution in [0, 0.1) is 5.41 Å². The molecule has 7 nitrogen and oxygen atoms in total. The van der Waals surface area contributed by atoms with E-state index in [1.165, 1.54) is 42.5 Å². The monoisotopic (exact) mass is 355 g/mol. The molecular weight excluding hydrogens is 342 g/mol. The van der Waals surface area contributed by atoms with Gasteiger partial charge in [-0.15, -0.1) is 0 Å². The van der Waals surface area contributed by atoms with Crippen LogP contribution in [-0.4, -0.2) is 31.7 Å². The van der Waals surface area contributed by atoms with Gasteiger partial charge < -0.3 is 5.41 Å². The molecular formula is C14H13NO6S2. The summed E-state index contributed by atoms with van der Waals surface area (Å²) in [4.78, 5) is -0.788. The average molecular weight is 355 g/mol. The van der Waals surface area contributed by atoms with Crippen molar-refractivity contribution in [1.29, 1.82) is 5.41 Å². The zero-order chi connectivity index (χ0) is 17.3. The first kappa shape index (κ1) is 17.3. The maximum Gasteiger partial charge on any atom is 0.295 e.